The standard InChI is InChI=1S/C11H6F3O/c12-11(13,14)15-10-7-3-5-8-4-1-2-6-9(8)10/h1-4,6-7H. The van der Waals surface area contributed by atoms with E-state index in [9.17, 15) is 13.2 Å². The molecule has 0 atom stereocenters. The SMILES string of the molecule is FC(F)(F)Oc1cc[c]c2ccccc12. The third-order valence-corrected chi connectivity index (χ3v) is 1.89. The fourth-order valence-electron chi connectivity index (χ4n) is 1.33. The van der Waals surface area contributed by atoms with Gasteiger partial charge in [-0.15, -0.1) is 13.2 Å². The molecular weight excluding hydrogens is 205 g/mol. The van der Waals surface area contributed by atoms with Gasteiger partial charge in [-0.2, -0.15) is 0 Å². The molecule has 0 fully saturated rings. The smallest absolute Gasteiger partial charge is 0.405 e. The quantitative estimate of drug-likeness (QED) is 0.701. The van der Waals surface area contributed by atoms with Crippen LogP contribution in [-0.2, 0) is 0 Å². The average molecular weight is 211 g/mol. The van der Waals surface area contributed by atoms with E-state index in [1.165, 1.54) is 12.1 Å². The van der Waals surface area contributed by atoms with Gasteiger partial charge in [0, 0.05) is 5.39 Å². The van der Waals surface area contributed by atoms with Crippen molar-refractivity contribution in [3.05, 3.63) is 42.5 Å². The zero-order chi connectivity index (χ0) is 10.9. The summed E-state index contributed by atoms with van der Waals surface area (Å²) in [5.41, 5.74) is 0. The van der Waals surface area contributed by atoms with E-state index in [-0.39, 0.29) is 5.75 Å². The van der Waals surface area contributed by atoms with E-state index in [0.717, 1.165) is 0 Å². The molecule has 1 radical (unpaired) electrons. The second-order valence-corrected chi connectivity index (χ2v) is 2.94. The maximum absolute atomic E-state index is 12.0. The Balaban J connectivity index is 2.52. The lowest BCUT2D eigenvalue weighted by Crippen LogP contribution is -2.17. The van der Waals surface area contributed by atoms with Crippen molar-refractivity contribution >= 4 is 10.8 Å². The van der Waals surface area contributed by atoms with Gasteiger partial charge >= 0.3 is 6.36 Å². The molecule has 2 aromatic rings. The first-order chi connectivity index (χ1) is 7.06. The molecule has 0 saturated heterocycles. The van der Waals surface area contributed by atoms with Gasteiger partial charge in [0.15, 0.2) is 0 Å². The van der Waals surface area contributed by atoms with E-state index < -0.39 is 6.36 Å². The monoisotopic (exact) mass is 211 g/mol. The van der Waals surface area contributed by atoms with Crippen LogP contribution in [0.5, 0.6) is 5.75 Å². The summed E-state index contributed by atoms with van der Waals surface area (Å²) in [5, 5.41) is 0.997. The third kappa shape index (κ3) is 2.21. The van der Waals surface area contributed by atoms with Crippen molar-refractivity contribution in [2.75, 3.05) is 0 Å². The highest BCUT2D eigenvalue weighted by Gasteiger charge is 2.31. The fraction of sp³-hybridized carbons (Fsp3) is 0.0909. The van der Waals surface area contributed by atoms with Crippen molar-refractivity contribution in [2.24, 2.45) is 0 Å². The average Bonchev–Trinajstić information content (AvgIpc) is 2.16. The molecule has 0 unspecified atom stereocenters. The Morgan fingerprint density at radius 1 is 1.07 bits per heavy atom. The van der Waals surface area contributed by atoms with Gasteiger partial charge in [-0.1, -0.05) is 30.3 Å². The van der Waals surface area contributed by atoms with Crippen molar-refractivity contribution in [1.29, 1.82) is 0 Å². The minimum Gasteiger partial charge on any atom is -0.405 e. The highest BCUT2D eigenvalue weighted by Crippen LogP contribution is 2.29. The van der Waals surface area contributed by atoms with Gasteiger partial charge in [0.2, 0.25) is 0 Å². The first-order valence-electron chi connectivity index (χ1n) is 4.21. The van der Waals surface area contributed by atoms with Crippen LogP contribution in [0.15, 0.2) is 36.4 Å². The van der Waals surface area contributed by atoms with Crippen molar-refractivity contribution in [3.8, 4) is 5.75 Å². The number of hydrogen-bond donors (Lipinski definition) is 0. The molecule has 0 N–H and O–H groups in total. The second-order valence-electron chi connectivity index (χ2n) is 2.94. The van der Waals surface area contributed by atoms with E-state index in [1.807, 2.05) is 0 Å². The molecule has 2 rings (SSSR count). The number of hydrogen-bond acceptors (Lipinski definition) is 1. The lowest BCUT2D eigenvalue weighted by atomic mass is 10.1. The molecule has 1 nitrogen and oxygen atoms in total. The van der Waals surface area contributed by atoms with E-state index >= 15 is 0 Å². The van der Waals surface area contributed by atoms with Crippen LogP contribution in [-0.4, -0.2) is 6.36 Å². The predicted molar refractivity (Wildman–Crippen MR) is 49.5 cm³/mol. The van der Waals surface area contributed by atoms with Crippen LogP contribution in [0.1, 0.15) is 0 Å². The molecule has 0 heterocycles. The number of ether oxygens (including phenoxy) is 1. The van der Waals surface area contributed by atoms with Gasteiger partial charge in [0.25, 0.3) is 0 Å². The lowest BCUT2D eigenvalue weighted by molar-refractivity contribution is -0.274. The molecule has 0 aliphatic rings. The van der Waals surface area contributed by atoms with E-state index in [4.69, 9.17) is 0 Å². The van der Waals surface area contributed by atoms with Crippen LogP contribution < -0.4 is 4.74 Å². The Hall–Kier alpha value is -1.71. The highest BCUT2D eigenvalue weighted by molar-refractivity contribution is 5.87. The minimum atomic E-state index is -4.66. The van der Waals surface area contributed by atoms with Gasteiger partial charge in [0.1, 0.15) is 5.75 Å². The molecule has 77 valence electrons. The summed E-state index contributed by atoms with van der Waals surface area (Å²) in [4.78, 5) is 0. The zero-order valence-corrected chi connectivity index (χ0v) is 7.51. The summed E-state index contributed by atoms with van der Waals surface area (Å²) in [6.07, 6.45) is -4.66. The Bertz CT molecular complexity index is 471. The maximum atomic E-state index is 12.0. The topological polar surface area (TPSA) is 9.23 Å². The number of alkyl halides is 3. The van der Waals surface area contributed by atoms with Crippen LogP contribution in [0.4, 0.5) is 13.2 Å². The van der Waals surface area contributed by atoms with Crippen molar-refractivity contribution in [3.63, 3.8) is 0 Å². The van der Waals surface area contributed by atoms with Gasteiger partial charge < -0.3 is 4.74 Å². The van der Waals surface area contributed by atoms with E-state index in [0.29, 0.717) is 10.8 Å². The first kappa shape index (κ1) is 9.83. The van der Waals surface area contributed by atoms with Crippen LogP contribution in [0.2, 0.25) is 0 Å². The van der Waals surface area contributed by atoms with Crippen LogP contribution in [0.3, 0.4) is 0 Å². The summed E-state index contributed by atoms with van der Waals surface area (Å²) < 4.78 is 40.0. The molecular formula is C11H6F3O. The fourth-order valence-corrected chi connectivity index (χ4v) is 1.33. The summed E-state index contributed by atoms with van der Waals surface area (Å²) in [6.45, 7) is 0. The summed E-state index contributed by atoms with van der Waals surface area (Å²) in [5.74, 6) is -0.197. The maximum Gasteiger partial charge on any atom is 0.573 e. The van der Waals surface area contributed by atoms with Gasteiger partial charge in [0.05, 0.1) is 0 Å². The summed E-state index contributed by atoms with van der Waals surface area (Å²) in [6, 6.07) is 12.1. The van der Waals surface area contributed by atoms with Crippen LogP contribution >= 0.6 is 0 Å². The Kier molecular flexibility index (Phi) is 2.26. The second kappa shape index (κ2) is 3.46. The normalized spacial score (nSPS) is 11.7. The molecule has 0 amide bonds. The van der Waals surface area contributed by atoms with Crippen molar-refractivity contribution in [1.82, 2.24) is 0 Å². The molecule has 0 spiro atoms. The van der Waals surface area contributed by atoms with Crippen LogP contribution in [0, 0.1) is 6.07 Å². The van der Waals surface area contributed by atoms with Crippen LogP contribution in [0.25, 0.3) is 10.8 Å². The van der Waals surface area contributed by atoms with Gasteiger partial charge in [-0.25, -0.2) is 0 Å². The summed E-state index contributed by atoms with van der Waals surface area (Å²) in [7, 11) is 0. The number of fused-ring (bicyclic) bond motifs is 1. The first-order valence-corrected chi connectivity index (χ1v) is 4.21. The molecule has 2 aromatic carbocycles. The molecule has 4 heteroatoms. The number of benzene rings is 2. The Labute approximate surface area is 84.1 Å². The molecule has 0 saturated carbocycles. The molecule has 0 aliphatic carbocycles. The van der Waals surface area contributed by atoms with E-state index in [2.05, 4.69) is 10.8 Å². The van der Waals surface area contributed by atoms with Crippen molar-refractivity contribution in [2.45, 2.75) is 6.36 Å². The Morgan fingerprint density at radius 2 is 1.80 bits per heavy atom. The molecule has 15 heavy (non-hydrogen) atoms. The summed E-state index contributed by atoms with van der Waals surface area (Å²) >= 11 is 0. The zero-order valence-electron chi connectivity index (χ0n) is 7.51. The lowest BCUT2D eigenvalue weighted by Gasteiger charge is -2.10. The van der Waals surface area contributed by atoms with Gasteiger partial charge in [-0.3, -0.25) is 0 Å². The number of halogens is 3. The molecule has 0 aliphatic heterocycles. The highest BCUT2D eigenvalue weighted by atomic mass is 19.4. The predicted octanol–water partition coefficient (Wildman–Crippen LogP) is 3.54. The molecule has 0 bridgehead atoms. The number of rotatable bonds is 1. The molecule has 0 aromatic heterocycles. The van der Waals surface area contributed by atoms with E-state index in [1.54, 1.807) is 24.3 Å². The van der Waals surface area contributed by atoms with Gasteiger partial charge in [-0.05, 0) is 17.5 Å². The Morgan fingerprint density at radius 3 is 2.53 bits per heavy atom. The van der Waals surface area contributed by atoms with Crippen molar-refractivity contribution < 1.29 is 17.9 Å². The third-order valence-electron chi connectivity index (χ3n) is 1.89. The largest absolute Gasteiger partial charge is 0.573 e. The minimum absolute atomic E-state index is 0.197.